The second-order valence-electron chi connectivity index (χ2n) is 20.9. The molecule has 0 aromatic heterocycles. The highest BCUT2D eigenvalue weighted by Gasteiger charge is 2.74. The molecule has 20 atom stereocenters. The second kappa shape index (κ2) is 13.6. The van der Waals surface area contributed by atoms with E-state index in [0.717, 1.165) is 32.1 Å². The van der Waals surface area contributed by atoms with E-state index in [-0.39, 0.29) is 51.5 Å². The summed E-state index contributed by atoms with van der Waals surface area (Å²) in [6.45, 7) is 14.7. The number of carbonyl (C=O) groups excluding carboxylic acids is 1. The van der Waals surface area contributed by atoms with Crippen molar-refractivity contribution in [3.63, 3.8) is 0 Å². The first kappa shape index (κ1) is 41.5. The van der Waals surface area contributed by atoms with Crippen LogP contribution in [0.1, 0.15) is 99.8 Å². The molecular formula is C42H66O14. The van der Waals surface area contributed by atoms with E-state index in [1.807, 2.05) is 0 Å². The molecule has 318 valence electrons. The van der Waals surface area contributed by atoms with Crippen LogP contribution in [0.15, 0.2) is 11.6 Å². The van der Waals surface area contributed by atoms with E-state index in [9.17, 15) is 45.6 Å². The molecule has 0 aromatic rings. The first-order valence-electron chi connectivity index (χ1n) is 21.0. The lowest BCUT2D eigenvalue weighted by molar-refractivity contribution is -0.378. The number of aliphatic hydroxyl groups excluding tert-OH is 8. The number of hydrogen-bond acceptors (Lipinski definition) is 14. The Balaban J connectivity index is 1.06. The third kappa shape index (κ3) is 5.53. The maximum absolute atomic E-state index is 13.7. The van der Waals surface area contributed by atoms with E-state index in [1.54, 1.807) is 0 Å². The van der Waals surface area contributed by atoms with Crippen molar-refractivity contribution in [2.24, 2.45) is 50.2 Å². The molecule has 4 saturated carbocycles. The molecule has 7 fully saturated rings. The summed E-state index contributed by atoms with van der Waals surface area (Å²) in [6.07, 6.45) is -8.03. The van der Waals surface area contributed by atoms with Crippen LogP contribution in [0.2, 0.25) is 0 Å². The molecule has 1 spiro atoms. The zero-order valence-electron chi connectivity index (χ0n) is 33.9. The lowest BCUT2D eigenvalue weighted by atomic mass is 9.33. The fourth-order valence-electron chi connectivity index (χ4n) is 14.1. The van der Waals surface area contributed by atoms with Crippen LogP contribution < -0.4 is 0 Å². The number of carbonyl (C=O) groups is 1. The predicted octanol–water partition coefficient (Wildman–Crippen LogP) is 1.30. The van der Waals surface area contributed by atoms with Crippen LogP contribution in [0.5, 0.6) is 0 Å². The van der Waals surface area contributed by atoms with Crippen molar-refractivity contribution >= 4 is 5.97 Å². The van der Waals surface area contributed by atoms with E-state index in [4.69, 9.17) is 23.7 Å². The number of allylic oxidation sites excluding steroid dienone is 2. The Morgan fingerprint density at radius 3 is 2.04 bits per heavy atom. The molecule has 8 aliphatic rings. The van der Waals surface area contributed by atoms with Crippen LogP contribution in [-0.2, 0) is 28.5 Å². The molecule has 5 aliphatic carbocycles. The van der Waals surface area contributed by atoms with Gasteiger partial charge in [0.15, 0.2) is 12.6 Å². The van der Waals surface area contributed by atoms with Gasteiger partial charge < -0.3 is 64.5 Å². The van der Waals surface area contributed by atoms with Gasteiger partial charge in [0.05, 0.1) is 25.4 Å². The molecule has 14 nitrogen and oxygen atoms in total. The molecule has 14 heteroatoms. The summed E-state index contributed by atoms with van der Waals surface area (Å²) in [5.74, 6) is 0.188. The van der Waals surface area contributed by atoms with Gasteiger partial charge in [-0.1, -0.05) is 60.1 Å². The van der Waals surface area contributed by atoms with Crippen LogP contribution in [-0.4, -0.2) is 140 Å². The van der Waals surface area contributed by atoms with E-state index in [0.29, 0.717) is 19.3 Å². The van der Waals surface area contributed by atoms with Crippen molar-refractivity contribution < 1.29 is 69.3 Å². The molecule has 0 aromatic carbocycles. The standard InChI is InChI=1S/C42H66O14/c1-37(2)14-20-19-8-9-24-39(5)12-11-26(38(3,4)23(39)10-13-40(24,6)41(19,7)15-25(45)42(20)16-27(37)55-36(42)51)54-35-33(31(49)29(47)22(18-44)53-35)56-34-32(50)30(48)28(46)21(17-43)52-34/h8,20-35,43-50H,9-18H2,1-7H3. The molecule has 3 heterocycles. The number of rotatable bonds is 6. The monoisotopic (exact) mass is 794 g/mol. The van der Waals surface area contributed by atoms with E-state index in [1.165, 1.54) is 5.57 Å². The number of hydrogen-bond donors (Lipinski definition) is 8. The van der Waals surface area contributed by atoms with Crippen LogP contribution >= 0.6 is 0 Å². The number of esters is 1. The first-order chi connectivity index (χ1) is 26.1. The normalized spacial score (nSPS) is 55.8. The third-order valence-corrected chi connectivity index (χ3v) is 17.7. The molecule has 20 unspecified atom stereocenters. The highest BCUT2D eigenvalue weighted by molar-refractivity contribution is 5.82. The molecule has 2 bridgehead atoms. The van der Waals surface area contributed by atoms with Crippen molar-refractivity contribution in [2.45, 2.75) is 180 Å². The average Bonchev–Trinajstić information content (AvgIpc) is 3.46. The lowest BCUT2D eigenvalue weighted by Gasteiger charge is -2.71. The molecule has 3 aliphatic heterocycles. The van der Waals surface area contributed by atoms with Crippen LogP contribution in [0.3, 0.4) is 0 Å². The highest BCUT2D eigenvalue weighted by atomic mass is 16.8. The Morgan fingerprint density at radius 2 is 1.38 bits per heavy atom. The fourth-order valence-corrected chi connectivity index (χ4v) is 14.1. The molecule has 0 amide bonds. The molecule has 8 N–H and O–H groups in total. The summed E-state index contributed by atoms with van der Waals surface area (Å²) < 4.78 is 30.4. The van der Waals surface area contributed by atoms with Gasteiger partial charge in [0.2, 0.25) is 0 Å². The third-order valence-electron chi connectivity index (χ3n) is 17.7. The van der Waals surface area contributed by atoms with E-state index < -0.39 is 97.7 Å². The molecule has 0 radical (unpaired) electrons. The topological polar surface area (TPSA) is 225 Å². The van der Waals surface area contributed by atoms with Gasteiger partial charge in [-0.2, -0.15) is 0 Å². The number of aliphatic hydroxyl groups is 8. The fraction of sp³-hybridized carbons (Fsp3) is 0.929. The maximum Gasteiger partial charge on any atom is 0.315 e. The molecule has 8 rings (SSSR count). The Morgan fingerprint density at radius 1 is 0.732 bits per heavy atom. The Hall–Kier alpha value is -1.27. The summed E-state index contributed by atoms with van der Waals surface area (Å²) >= 11 is 0. The lowest BCUT2D eigenvalue weighted by Crippen LogP contribution is -2.68. The zero-order chi connectivity index (χ0) is 40.7. The van der Waals surface area contributed by atoms with Crippen molar-refractivity contribution in [3.8, 4) is 0 Å². The van der Waals surface area contributed by atoms with Gasteiger partial charge >= 0.3 is 5.97 Å². The highest BCUT2D eigenvalue weighted by Crippen LogP contribution is 2.76. The second-order valence-corrected chi connectivity index (χ2v) is 20.9. The Bertz CT molecular complexity index is 1570. The number of fused-ring (bicyclic) bond motifs is 7. The Kier molecular flexibility index (Phi) is 10.1. The first-order valence-corrected chi connectivity index (χ1v) is 21.0. The average molecular weight is 795 g/mol. The van der Waals surface area contributed by atoms with Crippen molar-refractivity contribution in [2.75, 3.05) is 13.2 Å². The zero-order valence-corrected chi connectivity index (χ0v) is 33.9. The van der Waals surface area contributed by atoms with Gasteiger partial charge in [0, 0.05) is 11.8 Å². The van der Waals surface area contributed by atoms with Crippen molar-refractivity contribution in [1.82, 2.24) is 0 Å². The van der Waals surface area contributed by atoms with E-state index in [2.05, 4.69) is 54.5 Å². The van der Waals surface area contributed by atoms with Gasteiger partial charge in [-0.3, -0.25) is 4.79 Å². The summed E-state index contributed by atoms with van der Waals surface area (Å²) in [7, 11) is 0. The predicted molar refractivity (Wildman–Crippen MR) is 197 cm³/mol. The van der Waals surface area contributed by atoms with Crippen molar-refractivity contribution in [3.05, 3.63) is 11.6 Å². The minimum Gasteiger partial charge on any atom is -0.461 e. The minimum atomic E-state index is -1.76. The van der Waals surface area contributed by atoms with E-state index >= 15 is 0 Å². The van der Waals surface area contributed by atoms with Gasteiger partial charge in [-0.05, 0) is 84.4 Å². The molecule has 56 heavy (non-hydrogen) atoms. The number of ether oxygens (including phenoxy) is 5. The summed E-state index contributed by atoms with van der Waals surface area (Å²) in [6, 6.07) is 0. The van der Waals surface area contributed by atoms with Crippen LogP contribution in [0.4, 0.5) is 0 Å². The minimum absolute atomic E-state index is 0.0633. The van der Waals surface area contributed by atoms with Crippen molar-refractivity contribution in [1.29, 1.82) is 0 Å². The largest absolute Gasteiger partial charge is 0.461 e. The van der Waals surface area contributed by atoms with Gasteiger partial charge in [0.1, 0.15) is 60.4 Å². The summed E-state index contributed by atoms with van der Waals surface area (Å²) in [4.78, 5) is 13.7. The summed E-state index contributed by atoms with van der Waals surface area (Å²) in [5.41, 5.74) is -0.740. The maximum atomic E-state index is 13.7. The van der Waals surface area contributed by atoms with Gasteiger partial charge in [-0.15, -0.1) is 0 Å². The molecule has 3 saturated heterocycles. The van der Waals surface area contributed by atoms with Gasteiger partial charge in [-0.25, -0.2) is 0 Å². The molecular weight excluding hydrogens is 728 g/mol. The van der Waals surface area contributed by atoms with Crippen LogP contribution in [0, 0.1) is 50.2 Å². The SMILES string of the molecule is CC1(C)CC2C3=CCC4C5(C)CCC(OC6OC(CO)C(O)C(O)C6OC6OC(CO)C(O)C(O)C6O)C(C)(C)C5CCC4(C)C3(C)CC(O)C23CC1OC3=O. The smallest absolute Gasteiger partial charge is 0.315 e. The Labute approximate surface area is 329 Å². The van der Waals surface area contributed by atoms with Gasteiger partial charge in [0.25, 0.3) is 0 Å². The summed E-state index contributed by atoms with van der Waals surface area (Å²) in [5, 5.41) is 85.5. The quantitative estimate of drug-likeness (QED) is 0.108. The van der Waals surface area contributed by atoms with Crippen LogP contribution in [0.25, 0.3) is 0 Å².